The van der Waals surface area contributed by atoms with Crippen molar-refractivity contribution >= 4 is 35.8 Å². The number of hydrogen-bond donors (Lipinski definition) is 2. The third-order valence-electron chi connectivity index (χ3n) is 5.50. The first-order chi connectivity index (χ1) is 12.0. The fourth-order valence-electron chi connectivity index (χ4n) is 3.89. The molecule has 140 valence electrons. The van der Waals surface area contributed by atoms with Gasteiger partial charge in [0, 0.05) is 32.0 Å². The van der Waals surface area contributed by atoms with Crippen molar-refractivity contribution in [2.45, 2.75) is 25.4 Å². The Morgan fingerprint density at radius 2 is 2.04 bits per heavy atom. The fourth-order valence-corrected chi connectivity index (χ4v) is 3.89. The second-order valence-corrected chi connectivity index (χ2v) is 7.18. The number of benzene rings is 1. The topological polar surface area (TPSA) is 81.8 Å². The van der Waals surface area contributed by atoms with Crippen LogP contribution >= 0.6 is 12.4 Å². The van der Waals surface area contributed by atoms with E-state index >= 15 is 0 Å². The highest BCUT2D eigenvalue weighted by atomic mass is 35.5. The number of anilines is 1. The number of carbonyl (C=O) groups excluding carboxylic acids is 3. The van der Waals surface area contributed by atoms with Crippen LogP contribution in [0.4, 0.5) is 5.69 Å². The van der Waals surface area contributed by atoms with Crippen LogP contribution in [0.25, 0.3) is 0 Å². The number of nitrogens with zero attached hydrogens (tertiary/aromatic N) is 2. The van der Waals surface area contributed by atoms with E-state index in [2.05, 4.69) is 10.6 Å². The van der Waals surface area contributed by atoms with Gasteiger partial charge in [0.2, 0.25) is 11.8 Å². The van der Waals surface area contributed by atoms with E-state index in [-0.39, 0.29) is 36.7 Å². The molecule has 7 nitrogen and oxygen atoms in total. The lowest BCUT2D eigenvalue weighted by molar-refractivity contribution is -0.124. The second-order valence-electron chi connectivity index (χ2n) is 7.18. The van der Waals surface area contributed by atoms with Gasteiger partial charge in [-0.15, -0.1) is 12.4 Å². The Bertz CT molecular complexity index is 752. The van der Waals surface area contributed by atoms with Crippen molar-refractivity contribution in [1.29, 1.82) is 0 Å². The Hall–Kier alpha value is -2.12. The third kappa shape index (κ3) is 2.85. The highest BCUT2D eigenvalue weighted by Crippen LogP contribution is 2.43. The Balaban J connectivity index is 0.00000196. The molecule has 1 unspecified atom stereocenters. The zero-order valence-electron chi connectivity index (χ0n) is 14.7. The largest absolute Gasteiger partial charge is 0.354 e. The fraction of sp³-hybridized carbons (Fsp3) is 0.500. The molecule has 2 N–H and O–H groups in total. The Kier molecular flexibility index (Phi) is 4.94. The molecule has 0 aliphatic carbocycles. The molecule has 0 saturated carbocycles. The van der Waals surface area contributed by atoms with Gasteiger partial charge >= 0.3 is 0 Å². The standard InChI is InChI=1S/C18H22N4O3.ClH/c1-18-7-6-16(24)22(18)14-5-3-2-4-13(14)17(25)21(18)11-15(23)20-10-12-8-19-9-12;/h2-5,12,19H,6-11H2,1H3,(H,20,23);1H. The monoisotopic (exact) mass is 378 g/mol. The van der Waals surface area contributed by atoms with E-state index in [9.17, 15) is 14.4 Å². The molecule has 4 rings (SSSR count). The summed E-state index contributed by atoms with van der Waals surface area (Å²) >= 11 is 0. The molecule has 3 aliphatic heterocycles. The lowest BCUT2D eigenvalue weighted by Crippen LogP contribution is -2.64. The van der Waals surface area contributed by atoms with Crippen LogP contribution in [-0.2, 0) is 9.59 Å². The van der Waals surface area contributed by atoms with E-state index in [0.29, 0.717) is 36.6 Å². The van der Waals surface area contributed by atoms with Gasteiger partial charge in [0.1, 0.15) is 12.2 Å². The average molecular weight is 379 g/mol. The van der Waals surface area contributed by atoms with Crippen LogP contribution in [0, 0.1) is 5.92 Å². The first-order valence-corrected chi connectivity index (χ1v) is 8.72. The van der Waals surface area contributed by atoms with Crippen LogP contribution in [0.3, 0.4) is 0 Å². The summed E-state index contributed by atoms with van der Waals surface area (Å²) in [6.45, 7) is 4.28. The van der Waals surface area contributed by atoms with Gasteiger partial charge in [-0.3, -0.25) is 19.3 Å². The summed E-state index contributed by atoms with van der Waals surface area (Å²) < 4.78 is 0. The number of hydrogen-bond acceptors (Lipinski definition) is 4. The molecule has 1 atom stereocenters. The third-order valence-corrected chi connectivity index (χ3v) is 5.50. The zero-order chi connectivity index (χ0) is 17.6. The number of fused-ring (bicyclic) bond motifs is 3. The summed E-state index contributed by atoms with van der Waals surface area (Å²) in [5.41, 5.74) is 0.346. The Morgan fingerprint density at radius 3 is 2.73 bits per heavy atom. The van der Waals surface area contributed by atoms with E-state index in [1.165, 1.54) is 0 Å². The molecule has 0 spiro atoms. The van der Waals surface area contributed by atoms with Crippen LogP contribution in [0.2, 0.25) is 0 Å². The number of carbonyl (C=O) groups is 3. The molecule has 3 amide bonds. The summed E-state index contributed by atoms with van der Waals surface area (Å²) in [5, 5.41) is 6.07. The van der Waals surface area contributed by atoms with Gasteiger partial charge in [0.05, 0.1) is 11.3 Å². The van der Waals surface area contributed by atoms with E-state index in [0.717, 1.165) is 13.1 Å². The van der Waals surface area contributed by atoms with Crippen molar-refractivity contribution in [3.05, 3.63) is 29.8 Å². The number of amides is 3. The first-order valence-electron chi connectivity index (χ1n) is 8.72. The minimum atomic E-state index is -0.780. The maximum absolute atomic E-state index is 13.0. The van der Waals surface area contributed by atoms with Crippen molar-refractivity contribution in [2.24, 2.45) is 5.92 Å². The van der Waals surface area contributed by atoms with Gasteiger partial charge in [0.15, 0.2) is 0 Å². The molecule has 8 heteroatoms. The van der Waals surface area contributed by atoms with E-state index in [1.54, 1.807) is 28.0 Å². The number of rotatable bonds is 4. The van der Waals surface area contributed by atoms with E-state index in [1.807, 2.05) is 13.0 Å². The van der Waals surface area contributed by atoms with Gasteiger partial charge in [-0.1, -0.05) is 12.1 Å². The molecule has 3 heterocycles. The smallest absolute Gasteiger partial charge is 0.258 e. The molecule has 0 bridgehead atoms. The van der Waals surface area contributed by atoms with Crippen molar-refractivity contribution in [3.63, 3.8) is 0 Å². The van der Waals surface area contributed by atoms with Gasteiger partial charge in [-0.25, -0.2) is 0 Å². The Labute approximate surface area is 158 Å². The minimum absolute atomic E-state index is 0. The highest BCUT2D eigenvalue weighted by molar-refractivity contribution is 6.11. The molecule has 0 radical (unpaired) electrons. The molecule has 26 heavy (non-hydrogen) atoms. The quantitative estimate of drug-likeness (QED) is 0.809. The van der Waals surface area contributed by atoms with Crippen LogP contribution in [0.15, 0.2) is 24.3 Å². The predicted octanol–water partition coefficient (Wildman–Crippen LogP) is 0.743. The van der Waals surface area contributed by atoms with Crippen LogP contribution in [0.1, 0.15) is 30.1 Å². The normalized spacial score (nSPS) is 24.5. The summed E-state index contributed by atoms with van der Waals surface area (Å²) in [4.78, 5) is 41.1. The van der Waals surface area contributed by atoms with Crippen molar-refractivity contribution in [3.8, 4) is 0 Å². The summed E-state index contributed by atoms with van der Waals surface area (Å²) in [7, 11) is 0. The lowest BCUT2D eigenvalue weighted by atomic mass is 9.98. The van der Waals surface area contributed by atoms with Crippen LogP contribution < -0.4 is 15.5 Å². The second kappa shape index (κ2) is 6.89. The molecule has 0 aromatic heterocycles. The average Bonchev–Trinajstić information content (AvgIpc) is 2.86. The summed E-state index contributed by atoms with van der Waals surface area (Å²) in [5.74, 6) is 0.0833. The lowest BCUT2D eigenvalue weighted by Gasteiger charge is -2.48. The first kappa shape index (κ1) is 18.7. The molecule has 2 fully saturated rings. The zero-order valence-corrected chi connectivity index (χ0v) is 15.5. The maximum Gasteiger partial charge on any atom is 0.258 e. The highest BCUT2D eigenvalue weighted by Gasteiger charge is 2.53. The number of para-hydroxylation sites is 1. The van der Waals surface area contributed by atoms with Crippen LogP contribution in [0.5, 0.6) is 0 Å². The SMILES string of the molecule is CC12CCC(=O)N1c1ccccc1C(=O)N2CC(=O)NCC1CNC1.Cl. The molecule has 2 saturated heterocycles. The Morgan fingerprint density at radius 1 is 1.31 bits per heavy atom. The van der Waals surface area contributed by atoms with Gasteiger partial charge in [-0.05, 0) is 25.5 Å². The minimum Gasteiger partial charge on any atom is -0.354 e. The number of halogens is 1. The molecule has 3 aliphatic rings. The van der Waals surface area contributed by atoms with Gasteiger partial charge in [0.25, 0.3) is 5.91 Å². The molecular formula is C18H23ClN4O3. The summed E-state index contributed by atoms with van der Waals surface area (Å²) in [6, 6.07) is 7.12. The molecule has 1 aromatic rings. The van der Waals surface area contributed by atoms with Gasteiger partial charge in [-0.2, -0.15) is 0 Å². The van der Waals surface area contributed by atoms with E-state index in [4.69, 9.17) is 0 Å². The number of nitrogens with one attached hydrogen (secondary N) is 2. The maximum atomic E-state index is 13.0. The van der Waals surface area contributed by atoms with Crippen molar-refractivity contribution in [1.82, 2.24) is 15.5 Å². The molecule has 1 aromatic carbocycles. The van der Waals surface area contributed by atoms with E-state index < -0.39 is 5.66 Å². The van der Waals surface area contributed by atoms with Gasteiger partial charge < -0.3 is 15.5 Å². The van der Waals surface area contributed by atoms with Crippen molar-refractivity contribution < 1.29 is 14.4 Å². The summed E-state index contributed by atoms with van der Waals surface area (Å²) in [6.07, 6.45) is 0.912. The predicted molar refractivity (Wildman–Crippen MR) is 99.2 cm³/mol. The van der Waals surface area contributed by atoms with Crippen molar-refractivity contribution in [2.75, 3.05) is 31.1 Å². The molecular weight excluding hydrogens is 356 g/mol. The van der Waals surface area contributed by atoms with Crippen LogP contribution in [-0.4, -0.2) is 54.5 Å².